The molecule has 1 aliphatic heterocycles. The standard InChI is InChI=1S/C27H31F2N5O3/c1-32(10-9-21-7-8-26(35)34(21)20-5-6-20)14-18-16-33(15-17-3-4-19(28)11-23(17)29)25-13-30-24(12-22(18)25)27(36)31-37-2/h3-4,11-13,16,20-21H,5-10,14-15H2,1-2H3,(H,31,36). The van der Waals surface area contributed by atoms with Crippen molar-refractivity contribution in [2.24, 2.45) is 0 Å². The van der Waals surface area contributed by atoms with Gasteiger partial charge in [-0.2, -0.15) is 0 Å². The first kappa shape index (κ1) is 25.3. The normalized spacial score (nSPS) is 17.8. The molecule has 2 aliphatic rings. The third-order valence-electron chi connectivity index (χ3n) is 7.23. The molecule has 2 aromatic heterocycles. The molecule has 1 aromatic carbocycles. The van der Waals surface area contributed by atoms with Crippen LogP contribution in [0.4, 0.5) is 8.78 Å². The number of carbonyl (C=O) groups excluding carboxylic acids is 2. The molecule has 37 heavy (non-hydrogen) atoms. The highest BCUT2D eigenvalue weighted by Crippen LogP contribution is 2.35. The molecule has 1 saturated carbocycles. The Morgan fingerprint density at radius 1 is 1.22 bits per heavy atom. The van der Waals surface area contributed by atoms with Gasteiger partial charge in [0.25, 0.3) is 5.91 Å². The topological polar surface area (TPSA) is 79.7 Å². The molecule has 1 unspecified atom stereocenters. The van der Waals surface area contributed by atoms with Gasteiger partial charge < -0.3 is 14.4 Å². The minimum Gasteiger partial charge on any atom is -0.341 e. The summed E-state index contributed by atoms with van der Waals surface area (Å²) in [5.74, 6) is -1.43. The second-order valence-corrected chi connectivity index (χ2v) is 9.99. The lowest BCUT2D eigenvalue weighted by atomic mass is 10.1. The summed E-state index contributed by atoms with van der Waals surface area (Å²) in [6.07, 6.45) is 8.19. The summed E-state index contributed by atoms with van der Waals surface area (Å²) >= 11 is 0. The first-order valence-electron chi connectivity index (χ1n) is 12.6. The quantitative estimate of drug-likeness (QED) is 0.421. The van der Waals surface area contributed by atoms with Gasteiger partial charge in [0.05, 0.1) is 25.4 Å². The summed E-state index contributed by atoms with van der Waals surface area (Å²) in [5, 5.41) is 0.821. The molecule has 0 bridgehead atoms. The molecule has 1 atom stereocenters. The maximum Gasteiger partial charge on any atom is 0.293 e. The van der Waals surface area contributed by atoms with Crippen molar-refractivity contribution in [1.29, 1.82) is 0 Å². The van der Waals surface area contributed by atoms with Crippen molar-refractivity contribution in [1.82, 2.24) is 24.8 Å². The smallest absolute Gasteiger partial charge is 0.293 e. The second-order valence-electron chi connectivity index (χ2n) is 9.99. The van der Waals surface area contributed by atoms with Gasteiger partial charge in [-0.3, -0.25) is 14.4 Å². The van der Waals surface area contributed by atoms with E-state index in [1.165, 1.54) is 19.2 Å². The number of aromatic nitrogens is 2. The molecular formula is C27H31F2N5O3. The number of fused-ring (bicyclic) bond motifs is 1. The van der Waals surface area contributed by atoms with Crippen molar-refractivity contribution in [3.05, 3.63) is 65.1 Å². The van der Waals surface area contributed by atoms with Crippen molar-refractivity contribution >= 4 is 22.7 Å². The van der Waals surface area contributed by atoms with E-state index < -0.39 is 17.5 Å². The third-order valence-corrected chi connectivity index (χ3v) is 7.23. The summed E-state index contributed by atoms with van der Waals surface area (Å²) in [6.45, 7) is 1.59. The number of hydrogen-bond acceptors (Lipinski definition) is 5. The Morgan fingerprint density at radius 2 is 2.03 bits per heavy atom. The lowest BCUT2D eigenvalue weighted by Gasteiger charge is -2.26. The zero-order valence-electron chi connectivity index (χ0n) is 21.0. The zero-order chi connectivity index (χ0) is 26.1. The number of benzene rings is 1. The van der Waals surface area contributed by atoms with Crippen molar-refractivity contribution < 1.29 is 23.2 Å². The molecule has 2 amide bonds. The van der Waals surface area contributed by atoms with E-state index in [9.17, 15) is 18.4 Å². The molecule has 2 fully saturated rings. The zero-order valence-corrected chi connectivity index (χ0v) is 21.0. The Labute approximate surface area is 214 Å². The van der Waals surface area contributed by atoms with Crippen LogP contribution in [0.2, 0.25) is 0 Å². The van der Waals surface area contributed by atoms with Crippen LogP contribution in [0.5, 0.6) is 0 Å². The van der Waals surface area contributed by atoms with Crippen molar-refractivity contribution in [3.8, 4) is 0 Å². The molecule has 3 heterocycles. The number of hydrogen-bond donors (Lipinski definition) is 1. The fourth-order valence-electron chi connectivity index (χ4n) is 5.26. The first-order valence-corrected chi connectivity index (χ1v) is 12.6. The Hall–Kier alpha value is -3.37. The summed E-state index contributed by atoms with van der Waals surface area (Å²) in [5.41, 5.74) is 4.53. The summed E-state index contributed by atoms with van der Waals surface area (Å²) in [7, 11) is 3.38. The number of likely N-dealkylation sites (tertiary alicyclic amines) is 1. The van der Waals surface area contributed by atoms with Crippen LogP contribution >= 0.6 is 0 Å². The number of pyridine rings is 1. The van der Waals surface area contributed by atoms with E-state index in [0.29, 0.717) is 30.6 Å². The van der Waals surface area contributed by atoms with E-state index in [0.717, 1.165) is 54.8 Å². The predicted molar refractivity (Wildman–Crippen MR) is 134 cm³/mol. The van der Waals surface area contributed by atoms with Gasteiger partial charge in [0.2, 0.25) is 5.91 Å². The lowest BCUT2D eigenvalue weighted by Crippen LogP contribution is -2.37. The van der Waals surface area contributed by atoms with Crippen molar-refractivity contribution in [2.45, 2.75) is 57.3 Å². The number of amides is 2. The summed E-state index contributed by atoms with van der Waals surface area (Å²) in [6, 6.07) is 5.97. The van der Waals surface area contributed by atoms with Gasteiger partial charge in [-0.1, -0.05) is 6.07 Å². The molecule has 1 aliphatic carbocycles. The Balaban J connectivity index is 1.37. The molecule has 10 heteroatoms. The molecular weight excluding hydrogens is 480 g/mol. The number of nitrogens with one attached hydrogen (secondary N) is 1. The van der Waals surface area contributed by atoms with E-state index >= 15 is 0 Å². The number of nitrogens with zero attached hydrogens (tertiary/aromatic N) is 4. The van der Waals surface area contributed by atoms with Gasteiger partial charge in [0.15, 0.2) is 0 Å². The maximum absolute atomic E-state index is 14.4. The highest BCUT2D eigenvalue weighted by atomic mass is 19.1. The molecule has 196 valence electrons. The van der Waals surface area contributed by atoms with Gasteiger partial charge in [0, 0.05) is 54.8 Å². The molecule has 5 rings (SSSR count). The van der Waals surface area contributed by atoms with E-state index in [2.05, 4.69) is 20.3 Å². The van der Waals surface area contributed by atoms with E-state index in [1.807, 2.05) is 17.8 Å². The lowest BCUT2D eigenvalue weighted by molar-refractivity contribution is -0.129. The highest BCUT2D eigenvalue weighted by molar-refractivity contribution is 5.96. The Kier molecular flexibility index (Phi) is 7.21. The largest absolute Gasteiger partial charge is 0.341 e. The van der Waals surface area contributed by atoms with Gasteiger partial charge in [0.1, 0.15) is 17.3 Å². The molecule has 1 N–H and O–H groups in total. The SMILES string of the molecule is CONC(=O)c1cc2c(CN(C)CCC3CCC(=O)N3C3CC3)cn(Cc3ccc(F)cc3F)c2cn1. The molecule has 1 saturated heterocycles. The van der Waals surface area contributed by atoms with E-state index in [-0.39, 0.29) is 18.1 Å². The summed E-state index contributed by atoms with van der Waals surface area (Å²) in [4.78, 5) is 37.9. The third kappa shape index (κ3) is 5.50. The second kappa shape index (κ2) is 10.5. The van der Waals surface area contributed by atoms with Crippen molar-refractivity contribution in [3.63, 3.8) is 0 Å². The first-order chi connectivity index (χ1) is 17.8. The molecule has 8 nitrogen and oxygen atoms in total. The van der Waals surface area contributed by atoms with Crippen LogP contribution in [0.3, 0.4) is 0 Å². The fraction of sp³-hybridized carbons (Fsp3) is 0.444. The number of halogens is 2. The Morgan fingerprint density at radius 3 is 2.76 bits per heavy atom. The monoisotopic (exact) mass is 511 g/mol. The van der Waals surface area contributed by atoms with Crippen LogP contribution in [-0.4, -0.2) is 64.0 Å². The van der Waals surface area contributed by atoms with Gasteiger partial charge in [-0.15, -0.1) is 0 Å². The highest BCUT2D eigenvalue weighted by Gasteiger charge is 2.40. The molecule has 0 spiro atoms. The van der Waals surface area contributed by atoms with Crippen molar-refractivity contribution in [2.75, 3.05) is 20.7 Å². The summed E-state index contributed by atoms with van der Waals surface area (Å²) < 4.78 is 29.7. The van der Waals surface area contributed by atoms with Gasteiger partial charge >= 0.3 is 0 Å². The fourth-order valence-corrected chi connectivity index (χ4v) is 5.26. The van der Waals surface area contributed by atoms with E-state index in [1.54, 1.807) is 12.3 Å². The average molecular weight is 512 g/mol. The van der Waals surface area contributed by atoms with Gasteiger partial charge in [-0.25, -0.2) is 19.2 Å². The Bertz CT molecular complexity index is 1320. The molecule has 3 aromatic rings. The number of rotatable bonds is 10. The number of hydroxylamine groups is 1. The van der Waals surface area contributed by atoms with Crippen LogP contribution in [-0.2, 0) is 22.7 Å². The van der Waals surface area contributed by atoms with E-state index in [4.69, 9.17) is 4.84 Å². The van der Waals surface area contributed by atoms with Crippen LogP contribution in [0.25, 0.3) is 10.9 Å². The minimum absolute atomic E-state index is 0.193. The average Bonchev–Trinajstić information content (AvgIpc) is 3.56. The van der Waals surface area contributed by atoms with Crippen LogP contribution < -0.4 is 5.48 Å². The minimum atomic E-state index is -0.624. The molecule has 0 radical (unpaired) electrons. The van der Waals surface area contributed by atoms with Crippen LogP contribution in [0.1, 0.15) is 53.7 Å². The van der Waals surface area contributed by atoms with Gasteiger partial charge in [-0.05, 0) is 50.4 Å². The predicted octanol–water partition coefficient (Wildman–Crippen LogP) is 3.63. The maximum atomic E-state index is 14.4. The van der Waals surface area contributed by atoms with Crippen LogP contribution in [0, 0.1) is 11.6 Å². The number of carbonyl (C=O) groups is 2. The van der Waals surface area contributed by atoms with Crippen LogP contribution in [0.15, 0.2) is 36.7 Å².